The van der Waals surface area contributed by atoms with Crippen molar-refractivity contribution in [1.82, 2.24) is 14.5 Å². The molecule has 0 fully saturated rings. The summed E-state index contributed by atoms with van der Waals surface area (Å²) in [4.78, 5) is 12.8. The number of aromatic nitrogens is 2. The average molecular weight is 495 g/mol. The van der Waals surface area contributed by atoms with E-state index in [0.29, 0.717) is 24.6 Å². The predicted molar refractivity (Wildman–Crippen MR) is 123 cm³/mol. The molecule has 7 nitrogen and oxygen atoms in total. The van der Waals surface area contributed by atoms with Crippen LogP contribution < -0.4 is 5.32 Å². The highest BCUT2D eigenvalue weighted by Crippen LogP contribution is 2.29. The molecule has 2 aromatic carbocycles. The summed E-state index contributed by atoms with van der Waals surface area (Å²) in [6.07, 6.45) is 0.644. The van der Waals surface area contributed by atoms with E-state index in [1.165, 1.54) is 45.6 Å². The van der Waals surface area contributed by atoms with Crippen LogP contribution >= 0.6 is 34.7 Å². The van der Waals surface area contributed by atoms with Gasteiger partial charge >= 0.3 is 0 Å². The maximum atomic E-state index is 13.2. The van der Waals surface area contributed by atoms with Gasteiger partial charge in [-0.25, -0.2) is 8.42 Å². The molecule has 0 radical (unpaired) electrons. The Labute approximate surface area is 193 Å². The van der Waals surface area contributed by atoms with Crippen molar-refractivity contribution in [2.75, 3.05) is 17.6 Å². The Balaban J connectivity index is 1.57. The van der Waals surface area contributed by atoms with Gasteiger partial charge in [-0.15, -0.1) is 10.2 Å². The first-order valence-corrected chi connectivity index (χ1v) is 13.1. The minimum Gasteiger partial charge on any atom is -0.296 e. The molecule has 31 heavy (non-hydrogen) atoms. The number of hydrogen-bond donors (Lipinski definition) is 1. The van der Waals surface area contributed by atoms with E-state index in [1.54, 1.807) is 0 Å². The Bertz CT molecular complexity index is 1230. The minimum absolute atomic E-state index is 0.0286. The van der Waals surface area contributed by atoms with E-state index < -0.39 is 15.9 Å². The molecule has 1 amide bonds. The van der Waals surface area contributed by atoms with Crippen molar-refractivity contribution in [3.05, 3.63) is 64.2 Å². The van der Waals surface area contributed by atoms with Crippen molar-refractivity contribution in [2.24, 2.45) is 0 Å². The Morgan fingerprint density at radius 2 is 2.00 bits per heavy atom. The molecule has 3 aromatic rings. The van der Waals surface area contributed by atoms with Crippen LogP contribution in [0.25, 0.3) is 0 Å². The first kappa shape index (κ1) is 22.2. The van der Waals surface area contributed by atoms with Crippen LogP contribution in [0.3, 0.4) is 0 Å². The van der Waals surface area contributed by atoms with Crippen LogP contribution in [0.15, 0.2) is 51.7 Å². The lowest BCUT2D eigenvalue weighted by Gasteiger charge is -2.28. The smallest absolute Gasteiger partial charge is 0.259 e. The van der Waals surface area contributed by atoms with E-state index >= 15 is 0 Å². The van der Waals surface area contributed by atoms with Gasteiger partial charge < -0.3 is 0 Å². The molecule has 162 valence electrons. The number of benzene rings is 2. The third kappa shape index (κ3) is 4.78. The Hall–Kier alpha value is -1.98. The normalized spacial score (nSPS) is 14.3. The number of carbonyl (C=O) groups excluding carboxylic acids is 1. The average Bonchev–Trinajstić information content (AvgIpc) is 3.20. The van der Waals surface area contributed by atoms with Gasteiger partial charge in [-0.05, 0) is 41.5 Å². The van der Waals surface area contributed by atoms with Crippen molar-refractivity contribution in [3.8, 4) is 0 Å². The van der Waals surface area contributed by atoms with Gasteiger partial charge in [0, 0.05) is 13.1 Å². The topological polar surface area (TPSA) is 92.3 Å². The van der Waals surface area contributed by atoms with E-state index in [9.17, 15) is 13.2 Å². The lowest BCUT2D eigenvalue weighted by Crippen LogP contribution is -2.36. The number of nitrogens with zero attached hydrogens (tertiary/aromatic N) is 3. The highest BCUT2D eigenvalue weighted by atomic mass is 35.5. The summed E-state index contributed by atoms with van der Waals surface area (Å²) >= 11 is 8.98. The number of nitrogens with one attached hydrogen (secondary N) is 1. The number of thioether (sulfide) groups is 1. The van der Waals surface area contributed by atoms with Crippen LogP contribution in [0.1, 0.15) is 28.4 Å². The number of sulfonamides is 1. The molecular formula is C20H19ClN4O3S3. The fraction of sp³-hybridized carbons (Fsp3) is 0.250. The standard InChI is InChI=1S/C20H19ClN4O3S3/c1-2-29-20-24-23-19(30-20)22-18(26)16-11-15(7-8-17(16)21)31(27,28)25-10-9-13-5-3-4-6-14(13)12-25/h3-8,11H,2,9-10,12H2,1H3,(H,22,23,26). The number of anilines is 1. The zero-order valence-corrected chi connectivity index (χ0v) is 19.7. The largest absolute Gasteiger partial charge is 0.296 e. The summed E-state index contributed by atoms with van der Waals surface area (Å²) in [6.45, 7) is 2.68. The van der Waals surface area contributed by atoms with E-state index in [1.807, 2.05) is 31.2 Å². The Morgan fingerprint density at radius 1 is 1.23 bits per heavy atom. The highest BCUT2D eigenvalue weighted by molar-refractivity contribution is 8.01. The first-order valence-electron chi connectivity index (χ1n) is 9.52. The summed E-state index contributed by atoms with van der Waals surface area (Å²) in [5, 5.41) is 11.1. The quantitative estimate of drug-likeness (QED) is 0.405. The maximum Gasteiger partial charge on any atom is 0.259 e. The molecular weight excluding hydrogens is 476 g/mol. The summed E-state index contributed by atoms with van der Waals surface area (Å²) in [7, 11) is -3.79. The monoisotopic (exact) mass is 494 g/mol. The molecule has 0 unspecified atom stereocenters. The van der Waals surface area contributed by atoms with Crippen molar-refractivity contribution >= 4 is 55.8 Å². The zero-order valence-electron chi connectivity index (χ0n) is 16.5. The van der Waals surface area contributed by atoms with Crippen LogP contribution in [-0.4, -0.2) is 41.1 Å². The van der Waals surface area contributed by atoms with E-state index in [2.05, 4.69) is 15.5 Å². The zero-order chi connectivity index (χ0) is 22.0. The first-order chi connectivity index (χ1) is 14.9. The summed E-state index contributed by atoms with van der Waals surface area (Å²) in [5.74, 6) is 0.310. The van der Waals surface area contributed by atoms with Gasteiger partial charge in [0.1, 0.15) is 0 Å². The molecule has 0 bridgehead atoms. The van der Waals surface area contributed by atoms with Gasteiger partial charge in [0.15, 0.2) is 4.34 Å². The molecule has 0 aliphatic carbocycles. The Morgan fingerprint density at radius 3 is 2.77 bits per heavy atom. The number of hydrogen-bond acceptors (Lipinski definition) is 7. The third-order valence-corrected chi connectivity index (χ3v) is 8.84. The number of amides is 1. The molecule has 11 heteroatoms. The maximum absolute atomic E-state index is 13.2. The van der Waals surface area contributed by atoms with Gasteiger partial charge in [-0.3, -0.25) is 10.1 Å². The fourth-order valence-corrected chi connectivity index (χ4v) is 6.56. The number of rotatable bonds is 6. The second-order valence-electron chi connectivity index (χ2n) is 6.76. The van der Waals surface area contributed by atoms with Crippen LogP contribution in [0.2, 0.25) is 5.02 Å². The minimum atomic E-state index is -3.79. The summed E-state index contributed by atoms with van der Waals surface area (Å²) < 4.78 is 28.7. The van der Waals surface area contributed by atoms with Crippen LogP contribution in [0.4, 0.5) is 5.13 Å². The molecule has 1 aliphatic rings. The van der Waals surface area contributed by atoms with E-state index in [4.69, 9.17) is 11.6 Å². The van der Waals surface area contributed by atoms with Crippen LogP contribution in [0, 0.1) is 0 Å². The lowest BCUT2D eigenvalue weighted by molar-refractivity contribution is 0.102. The van der Waals surface area contributed by atoms with E-state index in [-0.39, 0.29) is 15.5 Å². The van der Waals surface area contributed by atoms with Gasteiger partial charge in [-0.1, -0.05) is 65.9 Å². The van der Waals surface area contributed by atoms with E-state index in [0.717, 1.165) is 21.2 Å². The summed E-state index contributed by atoms with van der Waals surface area (Å²) in [6, 6.07) is 12.0. The molecule has 0 atom stereocenters. The van der Waals surface area contributed by atoms with Crippen molar-refractivity contribution in [3.63, 3.8) is 0 Å². The summed E-state index contributed by atoms with van der Waals surface area (Å²) in [5.41, 5.74) is 2.21. The lowest BCUT2D eigenvalue weighted by atomic mass is 10.0. The Kier molecular flexibility index (Phi) is 6.63. The molecule has 4 rings (SSSR count). The predicted octanol–water partition coefficient (Wildman–Crippen LogP) is 4.30. The van der Waals surface area contributed by atoms with Crippen molar-refractivity contribution in [1.29, 1.82) is 0 Å². The van der Waals surface area contributed by atoms with Gasteiger partial charge in [0.25, 0.3) is 5.91 Å². The van der Waals surface area contributed by atoms with Gasteiger partial charge in [-0.2, -0.15) is 4.31 Å². The second kappa shape index (κ2) is 9.25. The molecule has 1 aromatic heterocycles. The van der Waals surface area contributed by atoms with Crippen molar-refractivity contribution < 1.29 is 13.2 Å². The van der Waals surface area contributed by atoms with Gasteiger partial charge in [0.2, 0.25) is 15.2 Å². The van der Waals surface area contributed by atoms with Crippen LogP contribution in [0.5, 0.6) is 0 Å². The number of halogens is 1. The third-order valence-electron chi connectivity index (χ3n) is 4.81. The molecule has 1 aliphatic heterocycles. The number of carbonyl (C=O) groups is 1. The molecule has 2 heterocycles. The molecule has 0 saturated heterocycles. The van der Waals surface area contributed by atoms with Crippen molar-refractivity contribution in [2.45, 2.75) is 29.1 Å². The van der Waals surface area contributed by atoms with Crippen LogP contribution in [-0.2, 0) is 23.0 Å². The highest BCUT2D eigenvalue weighted by Gasteiger charge is 2.29. The fourth-order valence-electron chi connectivity index (χ4n) is 3.27. The SMILES string of the molecule is CCSc1nnc(NC(=O)c2cc(S(=O)(=O)N3CCc4ccccc4C3)ccc2Cl)s1. The van der Waals surface area contributed by atoms with Gasteiger partial charge in [0.05, 0.1) is 15.5 Å². The second-order valence-corrected chi connectivity index (χ2v) is 11.6. The molecule has 0 spiro atoms. The molecule has 0 saturated carbocycles. The molecule has 1 N–H and O–H groups in total. The number of fused-ring (bicyclic) bond motifs is 1.